The molecule has 0 spiro atoms. The number of hydrogen-bond donors (Lipinski definition) is 2. The molecule has 1 aliphatic heterocycles. The highest BCUT2D eigenvalue weighted by molar-refractivity contribution is 5.92. The van der Waals surface area contributed by atoms with E-state index in [0.29, 0.717) is 5.92 Å². The molecule has 0 atom stereocenters. The van der Waals surface area contributed by atoms with Gasteiger partial charge in [0.15, 0.2) is 0 Å². The molecular formula is C15H21F2N3O. The summed E-state index contributed by atoms with van der Waals surface area (Å²) in [6.45, 7) is 2.91. The first-order chi connectivity index (χ1) is 10.1. The number of anilines is 1. The van der Waals surface area contributed by atoms with Crippen molar-refractivity contribution in [1.82, 2.24) is 10.2 Å². The maximum atomic E-state index is 13.4. The number of nitrogens with one attached hydrogen (secondary N) is 2. The normalized spacial score (nSPS) is 16.9. The third kappa shape index (κ3) is 4.75. The van der Waals surface area contributed by atoms with Crippen molar-refractivity contribution < 1.29 is 13.6 Å². The highest BCUT2D eigenvalue weighted by Crippen LogP contribution is 2.17. The van der Waals surface area contributed by atoms with Crippen molar-refractivity contribution in [3.63, 3.8) is 0 Å². The minimum absolute atomic E-state index is 0.106. The standard InChI is InChI=1S/C15H21F2N3O/c1-18-9-11-4-6-20(7-5-11)10-15(21)19-14-8-12(16)2-3-13(14)17/h2-3,8,11,18H,4-7,9-10H2,1H3,(H,19,21). The summed E-state index contributed by atoms with van der Waals surface area (Å²) in [5.74, 6) is -0.862. The fourth-order valence-electron chi connectivity index (χ4n) is 2.62. The Kier molecular flexibility index (Phi) is 5.64. The van der Waals surface area contributed by atoms with Crippen molar-refractivity contribution in [2.75, 3.05) is 38.5 Å². The number of halogens is 2. The number of benzene rings is 1. The van der Waals surface area contributed by atoms with Crippen LogP contribution in [0.3, 0.4) is 0 Å². The van der Waals surface area contributed by atoms with E-state index in [0.717, 1.165) is 50.7 Å². The maximum Gasteiger partial charge on any atom is 0.238 e. The van der Waals surface area contributed by atoms with Crippen molar-refractivity contribution in [3.05, 3.63) is 29.8 Å². The van der Waals surface area contributed by atoms with Gasteiger partial charge in [0.2, 0.25) is 5.91 Å². The van der Waals surface area contributed by atoms with Crippen LogP contribution in [0.25, 0.3) is 0 Å². The zero-order chi connectivity index (χ0) is 15.2. The highest BCUT2D eigenvalue weighted by Gasteiger charge is 2.20. The maximum absolute atomic E-state index is 13.4. The van der Waals surface area contributed by atoms with Gasteiger partial charge in [-0.1, -0.05) is 0 Å². The topological polar surface area (TPSA) is 44.4 Å². The Labute approximate surface area is 123 Å². The average Bonchev–Trinajstić information content (AvgIpc) is 2.45. The van der Waals surface area contributed by atoms with Crippen LogP contribution in [-0.2, 0) is 4.79 Å². The number of carbonyl (C=O) groups is 1. The van der Waals surface area contributed by atoms with E-state index < -0.39 is 11.6 Å². The van der Waals surface area contributed by atoms with E-state index >= 15 is 0 Å². The summed E-state index contributed by atoms with van der Waals surface area (Å²) in [7, 11) is 1.94. The zero-order valence-corrected chi connectivity index (χ0v) is 12.2. The number of piperidine rings is 1. The van der Waals surface area contributed by atoms with Crippen molar-refractivity contribution in [1.29, 1.82) is 0 Å². The molecule has 1 fully saturated rings. The van der Waals surface area contributed by atoms with Gasteiger partial charge in [0, 0.05) is 6.07 Å². The second kappa shape index (κ2) is 7.47. The van der Waals surface area contributed by atoms with Gasteiger partial charge in [-0.15, -0.1) is 0 Å². The third-order valence-corrected chi connectivity index (χ3v) is 3.77. The van der Waals surface area contributed by atoms with Crippen molar-refractivity contribution in [2.24, 2.45) is 5.92 Å². The number of carbonyl (C=O) groups excluding carboxylic acids is 1. The monoisotopic (exact) mass is 297 g/mol. The lowest BCUT2D eigenvalue weighted by atomic mass is 9.97. The minimum atomic E-state index is -0.627. The first-order valence-corrected chi connectivity index (χ1v) is 7.20. The molecule has 0 saturated carbocycles. The highest BCUT2D eigenvalue weighted by atomic mass is 19.1. The molecule has 1 amide bonds. The quantitative estimate of drug-likeness (QED) is 0.871. The molecule has 1 aromatic rings. The molecule has 0 aliphatic carbocycles. The van der Waals surface area contributed by atoms with Gasteiger partial charge < -0.3 is 10.6 Å². The van der Waals surface area contributed by atoms with E-state index in [1.807, 2.05) is 11.9 Å². The molecule has 0 radical (unpaired) electrons. The van der Waals surface area contributed by atoms with Crippen LogP contribution >= 0.6 is 0 Å². The predicted molar refractivity (Wildman–Crippen MR) is 78.1 cm³/mol. The van der Waals surface area contributed by atoms with E-state index in [4.69, 9.17) is 0 Å². The lowest BCUT2D eigenvalue weighted by Gasteiger charge is -2.31. The van der Waals surface area contributed by atoms with Crippen LogP contribution in [0.15, 0.2) is 18.2 Å². The molecule has 1 aliphatic rings. The van der Waals surface area contributed by atoms with E-state index in [2.05, 4.69) is 10.6 Å². The summed E-state index contributed by atoms with van der Waals surface area (Å²) in [4.78, 5) is 13.9. The summed E-state index contributed by atoms with van der Waals surface area (Å²) in [5.41, 5.74) is -0.106. The molecule has 6 heteroatoms. The lowest BCUT2D eigenvalue weighted by Crippen LogP contribution is -2.40. The second-order valence-electron chi connectivity index (χ2n) is 5.45. The summed E-state index contributed by atoms with van der Waals surface area (Å²) in [6, 6.07) is 3.03. The first kappa shape index (κ1) is 15.9. The van der Waals surface area contributed by atoms with Gasteiger partial charge in [-0.25, -0.2) is 8.78 Å². The van der Waals surface area contributed by atoms with Gasteiger partial charge in [-0.05, 0) is 57.6 Å². The summed E-state index contributed by atoms with van der Waals surface area (Å²) in [6.07, 6.45) is 2.09. The smallest absolute Gasteiger partial charge is 0.238 e. The lowest BCUT2D eigenvalue weighted by molar-refractivity contribution is -0.117. The van der Waals surface area contributed by atoms with Gasteiger partial charge in [-0.2, -0.15) is 0 Å². The molecule has 21 heavy (non-hydrogen) atoms. The molecule has 0 unspecified atom stereocenters. The molecule has 0 aromatic heterocycles. The number of likely N-dealkylation sites (tertiary alicyclic amines) is 1. The molecule has 2 N–H and O–H groups in total. The van der Waals surface area contributed by atoms with E-state index in [1.54, 1.807) is 0 Å². The Morgan fingerprint density at radius 1 is 1.33 bits per heavy atom. The van der Waals surface area contributed by atoms with E-state index in [9.17, 15) is 13.6 Å². The first-order valence-electron chi connectivity index (χ1n) is 7.20. The third-order valence-electron chi connectivity index (χ3n) is 3.77. The Hall–Kier alpha value is -1.53. The molecule has 116 valence electrons. The number of amides is 1. The Balaban J connectivity index is 1.81. The fourth-order valence-corrected chi connectivity index (χ4v) is 2.62. The molecule has 1 aromatic carbocycles. The summed E-state index contributed by atoms with van der Waals surface area (Å²) in [5, 5.41) is 5.59. The molecule has 1 saturated heterocycles. The second-order valence-corrected chi connectivity index (χ2v) is 5.45. The molecule has 1 heterocycles. The Morgan fingerprint density at radius 3 is 2.71 bits per heavy atom. The van der Waals surface area contributed by atoms with Crippen LogP contribution in [0.4, 0.5) is 14.5 Å². The van der Waals surface area contributed by atoms with Crippen molar-refractivity contribution >= 4 is 11.6 Å². The van der Waals surface area contributed by atoms with Crippen LogP contribution in [0, 0.1) is 17.6 Å². The van der Waals surface area contributed by atoms with Crippen LogP contribution in [0.5, 0.6) is 0 Å². The van der Waals surface area contributed by atoms with Gasteiger partial charge in [0.1, 0.15) is 11.6 Å². The van der Waals surface area contributed by atoms with E-state index in [-0.39, 0.29) is 18.1 Å². The van der Waals surface area contributed by atoms with Crippen LogP contribution in [0.2, 0.25) is 0 Å². The van der Waals surface area contributed by atoms with Crippen LogP contribution in [-0.4, -0.2) is 44.0 Å². The van der Waals surface area contributed by atoms with Gasteiger partial charge in [0.25, 0.3) is 0 Å². The van der Waals surface area contributed by atoms with Crippen molar-refractivity contribution in [2.45, 2.75) is 12.8 Å². The predicted octanol–water partition coefficient (Wildman–Crippen LogP) is 1.83. The van der Waals surface area contributed by atoms with Crippen molar-refractivity contribution in [3.8, 4) is 0 Å². The minimum Gasteiger partial charge on any atom is -0.322 e. The SMILES string of the molecule is CNCC1CCN(CC(=O)Nc2cc(F)ccc2F)CC1. The number of hydrogen-bond acceptors (Lipinski definition) is 3. The fraction of sp³-hybridized carbons (Fsp3) is 0.533. The van der Waals surface area contributed by atoms with Gasteiger partial charge in [-0.3, -0.25) is 9.69 Å². The Morgan fingerprint density at radius 2 is 2.05 bits per heavy atom. The van der Waals surface area contributed by atoms with E-state index in [1.165, 1.54) is 0 Å². The number of rotatable bonds is 5. The Bertz CT molecular complexity index is 488. The molecule has 2 rings (SSSR count). The zero-order valence-electron chi connectivity index (χ0n) is 12.2. The average molecular weight is 297 g/mol. The summed E-state index contributed by atoms with van der Waals surface area (Å²) < 4.78 is 26.5. The van der Waals surface area contributed by atoms with Gasteiger partial charge >= 0.3 is 0 Å². The molecular weight excluding hydrogens is 276 g/mol. The molecule has 4 nitrogen and oxygen atoms in total. The van der Waals surface area contributed by atoms with Crippen LogP contribution < -0.4 is 10.6 Å². The van der Waals surface area contributed by atoms with Crippen LogP contribution in [0.1, 0.15) is 12.8 Å². The summed E-state index contributed by atoms with van der Waals surface area (Å²) >= 11 is 0. The largest absolute Gasteiger partial charge is 0.322 e. The molecule has 0 bridgehead atoms. The number of nitrogens with zero attached hydrogens (tertiary/aromatic N) is 1. The van der Waals surface area contributed by atoms with Gasteiger partial charge in [0.05, 0.1) is 12.2 Å².